The average molecular weight is 349 g/mol. The first-order chi connectivity index (χ1) is 12.3. The summed E-state index contributed by atoms with van der Waals surface area (Å²) in [7, 11) is 0. The van der Waals surface area contributed by atoms with Crippen LogP contribution in [0.25, 0.3) is 27.5 Å². The molecule has 5 nitrogen and oxygen atoms in total. The van der Waals surface area contributed by atoms with E-state index in [0.717, 1.165) is 44.7 Å². The standard InChI is InChI=1S/C19H15N3O2S/c20-9-14-18(12-4-2-1-3-5-12)21-19-22(14)15(10-25-19)13-6-7-16-17(8-13)24-11-23-16/h1-8,10H,9,11,20H2. The number of rotatable bonds is 3. The molecule has 5 rings (SSSR count). The summed E-state index contributed by atoms with van der Waals surface area (Å²) in [6.45, 7) is 0.689. The molecule has 0 saturated heterocycles. The third-order valence-electron chi connectivity index (χ3n) is 4.37. The van der Waals surface area contributed by atoms with E-state index in [1.165, 1.54) is 0 Å². The van der Waals surface area contributed by atoms with E-state index < -0.39 is 0 Å². The normalized spacial score (nSPS) is 12.8. The molecule has 0 atom stereocenters. The molecule has 4 aromatic rings. The molecule has 0 amide bonds. The van der Waals surface area contributed by atoms with Gasteiger partial charge in [0.25, 0.3) is 0 Å². The number of aromatic nitrogens is 2. The number of ether oxygens (including phenoxy) is 2. The second kappa shape index (κ2) is 5.61. The number of thiazole rings is 1. The van der Waals surface area contributed by atoms with Crippen LogP contribution in [-0.2, 0) is 6.54 Å². The molecule has 124 valence electrons. The zero-order chi connectivity index (χ0) is 16.8. The maximum Gasteiger partial charge on any atom is 0.231 e. The van der Waals surface area contributed by atoms with Crippen molar-refractivity contribution in [3.05, 3.63) is 59.6 Å². The summed E-state index contributed by atoms with van der Waals surface area (Å²) in [5.74, 6) is 1.56. The zero-order valence-electron chi connectivity index (χ0n) is 13.3. The fraction of sp³-hybridized carbons (Fsp3) is 0.105. The van der Waals surface area contributed by atoms with Gasteiger partial charge in [-0.15, -0.1) is 11.3 Å². The minimum Gasteiger partial charge on any atom is -0.454 e. The van der Waals surface area contributed by atoms with Gasteiger partial charge in [-0.05, 0) is 18.2 Å². The molecule has 1 aliphatic rings. The minimum atomic E-state index is 0.273. The van der Waals surface area contributed by atoms with E-state index in [-0.39, 0.29) is 6.79 Å². The fourth-order valence-corrected chi connectivity index (χ4v) is 4.10. The Morgan fingerprint density at radius 3 is 2.72 bits per heavy atom. The van der Waals surface area contributed by atoms with Crippen LogP contribution in [0.2, 0.25) is 0 Å². The van der Waals surface area contributed by atoms with Crippen molar-refractivity contribution in [1.29, 1.82) is 0 Å². The number of nitrogens with zero attached hydrogens (tertiary/aromatic N) is 2. The lowest BCUT2D eigenvalue weighted by atomic mass is 10.1. The molecule has 0 aliphatic carbocycles. The largest absolute Gasteiger partial charge is 0.454 e. The molecule has 0 bridgehead atoms. The van der Waals surface area contributed by atoms with E-state index in [1.54, 1.807) is 11.3 Å². The lowest BCUT2D eigenvalue weighted by molar-refractivity contribution is 0.174. The van der Waals surface area contributed by atoms with Gasteiger partial charge in [-0.1, -0.05) is 30.3 Å². The molecular weight excluding hydrogens is 334 g/mol. The van der Waals surface area contributed by atoms with Gasteiger partial charge in [0, 0.05) is 23.1 Å². The predicted molar refractivity (Wildman–Crippen MR) is 98.0 cm³/mol. The highest BCUT2D eigenvalue weighted by molar-refractivity contribution is 7.15. The van der Waals surface area contributed by atoms with Crippen LogP contribution in [-0.4, -0.2) is 16.2 Å². The Bertz CT molecular complexity index is 1070. The SMILES string of the molecule is NCc1c(-c2ccccc2)nc2scc(-c3ccc4c(c3)OCO4)n12. The monoisotopic (exact) mass is 349 g/mol. The molecule has 1 aliphatic heterocycles. The van der Waals surface area contributed by atoms with Gasteiger partial charge in [0.2, 0.25) is 6.79 Å². The summed E-state index contributed by atoms with van der Waals surface area (Å²) in [5, 5.41) is 2.10. The molecule has 0 radical (unpaired) electrons. The Labute approximate surface area is 148 Å². The molecule has 0 fully saturated rings. The lowest BCUT2D eigenvalue weighted by Crippen LogP contribution is -2.03. The van der Waals surface area contributed by atoms with Crippen LogP contribution in [0.3, 0.4) is 0 Å². The molecule has 2 aromatic heterocycles. The number of hydrogen-bond acceptors (Lipinski definition) is 5. The van der Waals surface area contributed by atoms with E-state index in [4.69, 9.17) is 20.2 Å². The highest BCUT2D eigenvalue weighted by atomic mass is 32.1. The van der Waals surface area contributed by atoms with Crippen LogP contribution >= 0.6 is 11.3 Å². The summed E-state index contributed by atoms with van der Waals surface area (Å²) in [4.78, 5) is 5.75. The second-order valence-corrected chi connectivity index (χ2v) is 6.62. The Morgan fingerprint density at radius 2 is 1.88 bits per heavy atom. The lowest BCUT2D eigenvalue weighted by Gasteiger charge is -2.06. The number of nitrogens with two attached hydrogens (primary N) is 1. The van der Waals surface area contributed by atoms with Gasteiger partial charge in [-0.3, -0.25) is 4.40 Å². The first-order valence-corrected chi connectivity index (χ1v) is 8.87. The van der Waals surface area contributed by atoms with Crippen LogP contribution < -0.4 is 15.2 Å². The maximum atomic E-state index is 6.09. The molecular formula is C19H15N3O2S. The summed E-state index contributed by atoms with van der Waals surface area (Å²) in [6, 6.07) is 16.1. The number of benzene rings is 2. The fourth-order valence-electron chi connectivity index (χ4n) is 3.19. The van der Waals surface area contributed by atoms with Crippen LogP contribution in [0.5, 0.6) is 11.5 Å². The van der Waals surface area contributed by atoms with Crippen LogP contribution in [0.4, 0.5) is 0 Å². The van der Waals surface area contributed by atoms with Gasteiger partial charge in [0.05, 0.1) is 17.1 Å². The third-order valence-corrected chi connectivity index (χ3v) is 5.19. The predicted octanol–water partition coefficient (Wildman–Crippen LogP) is 3.92. The van der Waals surface area contributed by atoms with Gasteiger partial charge in [0.1, 0.15) is 0 Å². The molecule has 0 spiro atoms. The number of hydrogen-bond donors (Lipinski definition) is 1. The topological polar surface area (TPSA) is 61.8 Å². The summed E-state index contributed by atoms with van der Waals surface area (Å²) in [6.07, 6.45) is 0. The average Bonchev–Trinajstić information content (AvgIpc) is 3.36. The van der Waals surface area contributed by atoms with E-state index in [2.05, 4.69) is 21.9 Å². The van der Waals surface area contributed by atoms with E-state index in [1.807, 2.05) is 36.4 Å². The van der Waals surface area contributed by atoms with E-state index >= 15 is 0 Å². The Hall–Kier alpha value is -2.83. The summed E-state index contributed by atoms with van der Waals surface area (Å²) < 4.78 is 13.1. The van der Waals surface area contributed by atoms with Gasteiger partial charge >= 0.3 is 0 Å². The molecule has 2 aromatic carbocycles. The Balaban J connectivity index is 1.71. The first-order valence-electron chi connectivity index (χ1n) is 7.99. The van der Waals surface area contributed by atoms with Crippen molar-refractivity contribution < 1.29 is 9.47 Å². The van der Waals surface area contributed by atoms with Crippen LogP contribution in [0.1, 0.15) is 5.69 Å². The highest BCUT2D eigenvalue weighted by Gasteiger charge is 2.20. The number of imidazole rings is 1. The molecule has 6 heteroatoms. The van der Waals surface area contributed by atoms with Crippen LogP contribution in [0.15, 0.2) is 53.9 Å². The van der Waals surface area contributed by atoms with Gasteiger partial charge in [0.15, 0.2) is 16.5 Å². The quantitative estimate of drug-likeness (QED) is 0.609. The van der Waals surface area contributed by atoms with Crippen LogP contribution in [0, 0.1) is 0 Å². The van der Waals surface area contributed by atoms with E-state index in [0.29, 0.717) is 6.54 Å². The smallest absolute Gasteiger partial charge is 0.231 e. The first kappa shape index (κ1) is 14.5. The minimum absolute atomic E-state index is 0.273. The van der Waals surface area contributed by atoms with Crippen molar-refractivity contribution in [2.24, 2.45) is 5.73 Å². The molecule has 3 heterocycles. The van der Waals surface area contributed by atoms with Crippen molar-refractivity contribution in [3.8, 4) is 34.0 Å². The molecule has 2 N–H and O–H groups in total. The van der Waals surface area contributed by atoms with Crippen molar-refractivity contribution in [2.75, 3.05) is 6.79 Å². The molecule has 25 heavy (non-hydrogen) atoms. The zero-order valence-corrected chi connectivity index (χ0v) is 14.1. The molecule has 0 unspecified atom stereocenters. The van der Waals surface area contributed by atoms with Crippen molar-refractivity contribution in [2.45, 2.75) is 6.54 Å². The summed E-state index contributed by atoms with van der Waals surface area (Å²) >= 11 is 1.61. The van der Waals surface area contributed by atoms with Crippen molar-refractivity contribution >= 4 is 16.3 Å². The number of fused-ring (bicyclic) bond motifs is 2. The summed E-state index contributed by atoms with van der Waals surface area (Å²) in [5.41, 5.74) is 11.2. The second-order valence-electron chi connectivity index (χ2n) is 5.78. The highest BCUT2D eigenvalue weighted by Crippen LogP contribution is 2.38. The van der Waals surface area contributed by atoms with Crippen molar-refractivity contribution in [3.63, 3.8) is 0 Å². The van der Waals surface area contributed by atoms with Gasteiger partial charge in [-0.2, -0.15) is 0 Å². The molecule has 0 saturated carbocycles. The Morgan fingerprint density at radius 1 is 1.04 bits per heavy atom. The van der Waals surface area contributed by atoms with E-state index in [9.17, 15) is 0 Å². The van der Waals surface area contributed by atoms with Gasteiger partial charge < -0.3 is 15.2 Å². The van der Waals surface area contributed by atoms with Gasteiger partial charge in [-0.25, -0.2) is 4.98 Å². The van der Waals surface area contributed by atoms with Crippen molar-refractivity contribution in [1.82, 2.24) is 9.38 Å². The Kier molecular flexibility index (Phi) is 3.26. The third kappa shape index (κ3) is 2.22. The maximum absolute atomic E-state index is 6.09.